The van der Waals surface area contributed by atoms with Gasteiger partial charge in [0.25, 0.3) is 5.91 Å². The van der Waals surface area contributed by atoms with Crippen molar-refractivity contribution in [2.24, 2.45) is 0 Å². The number of rotatable bonds is 5. The number of imidazole rings is 1. The molecule has 0 aliphatic rings. The molecule has 32 heavy (non-hydrogen) atoms. The fraction of sp³-hybridized carbons (Fsp3) is 0.0385. The van der Waals surface area contributed by atoms with E-state index in [4.69, 9.17) is 4.74 Å². The van der Waals surface area contributed by atoms with Gasteiger partial charge < -0.3 is 15.0 Å². The average molecular weight is 421 g/mol. The second kappa shape index (κ2) is 8.35. The zero-order valence-electron chi connectivity index (χ0n) is 17.0. The van der Waals surface area contributed by atoms with Crippen LogP contribution in [0.15, 0.2) is 91.0 Å². The Balaban J connectivity index is 1.24. The Morgan fingerprint density at radius 1 is 0.844 bits per heavy atom. The number of ether oxygens (including phenoxy) is 1. The number of H-pyrrole nitrogens is 1. The van der Waals surface area contributed by atoms with Gasteiger partial charge in [0.15, 0.2) is 6.61 Å². The number of anilines is 1. The number of hydrogen-bond acceptors (Lipinski definition) is 4. The van der Waals surface area contributed by atoms with E-state index >= 15 is 0 Å². The number of esters is 1. The van der Waals surface area contributed by atoms with Gasteiger partial charge in [-0.3, -0.25) is 4.79 Å². The summed E-state index contributed by atoms with van der Waals surface area (Å²) in [4.78, 5) is 32.5. The summed E-state index contributed by atoms with van der Waals surface area (Å²) >= 11 is 0. The van der Waals surface area contributed by atoms with Gasteiger partial charge in [-0.25, -0.2) is 9.78 Å². The minimum absolute atomic E-state index is 0.347. The van der Waals surface area contributed by atoms with E-state index in [-0.39, 0.29) is 6.61 Å². The molecule has 1 heterocycles. The number of benzene rings is 4. The van der Waals surface area contributed by atoms with Gasteiger partial charge in [-0.2, -0.15) is 0 Å². The lowest BCUT2D eigenvalue weighted by molar-refractivity contribution is -0.119. The first-order valence-corrected chi connectivity index (χ1v) is 10.2. The minimum Gasteiger partial charge on any atom is -0.452 e. The van der Waals surface area contributed by atoms with E-state index < -0.39 is 11.9 Å². The standard InChI is InChI=1S/C26H19N3O3/c30-24(27-21-12-10-17-6-4-5-9-19(17)14-21)16-32-26(31)20-11-13-22-23(15-20)29-25(28-22)18-7-2-1-3-8-18/h1-15H,16H2,(H,27,30)(H,28,29). The number of nitrogens with one attached hydrogen (secondary N) is 2. The molecule has 2 N–H and O–H groups in total. The van der Waals surface area contributed by atoms with Crippen LogP contribution >= 0.6 is 0 Å². The van der Waals surface area contributed by atoms with Crippen LogP contribution in [0.25, 0.3) is 33.2 Å². The molecule has 0 fully saturated rings. The first-order chi connectivity index (χ1) is 15.7. The molecule has 1 aromatic heterocycles. The maximum absolute atomic E-state index is 12.5. The van der Waals surface area contributed by atoms with E-state index in [1.54, 1.807) is 18.2 Å². The molecule has 6 heteroatoms. The Morgan fingerprint density at radius 3 is 2.47 bits per heavy atom. The molecule has 0 saturated carbocycles. The smallest absolute Gasteiger partial charge is 0.338 e. The van der Waals surface area contributed by atoms with Crippen LogP contribution in [0.4, 0.5) is 5.69 Å². The lowest BCUT2D eigenvalue weighted by Gasteiger charge is -2.08. The maximum atomic E-state index is 12.5. The Morgan fingerprint density at radius 2 is 1.62 bits per heavy atom. The molecule has 1 amide bonds. The molecule has 0 spiro atoms. The molecule has 0 bridgehead atoms. The molecular formula is C26H19N3O3. The summed E-state index contributed by atoms with van der Waals surface area (Å²) in [5.74, 6) is -0.250. The third kappa shape index (κ3) is 4.06. The third-order valence-corrected chi connectivity index (χ3v) is 5.13. The molecule has 0 aliphatic carbocycles. The van der Waals surface area contributed by atoms with E-state index in [0.717, 1.165) is 33.2 Å². The van der Waals surface area contributed by atoms with Crippen LogP contribution in [0.2, 0.25) is 0 Å². The first kappa shape index (κ1) is 19.5. The largest absolute Gasteiger partial charge is 0.452 e. The van der Waals surface area contributed by atoms with Gasteiger partial charge in [0.05, 0.1) is 16.6 Å². The highest BCUT2D eigenvalue weighted by molar-refractivity contribution is 5.98. The van der Waals surface area contributed by atoms with Crippen molar-refractivity contribution in [3.05, 3.63) is 96.6 Å². The van der Waals surface area contributed by atoms with Crippen LogP contribution in [0.3, 0.4) is 0 Å². The van der Waals surface area contributed by atoms with Crippen molar-refractivity contribution in [3.63, 3.8) is 0 Å². The fourth-order valence-corrected chi connectivity index (χ4v) is 3.55. The van der Waals surface area contributed by atoms with Crippen molar-refractivity contribution in [3.8, 4) is 11.4 Å². The Labute approximate surface area is 183 Å². The highest BCUT2D eigenvalue weighted by atomic mass is 16.5. The molecule has 156 valence electrons. The average Bonchev–Trinajstić information content (AvgIpc) is 3.26. The molecule has 0 radical (unpaired) electrons. The molecule has 5 rings (SSSR count). The predicted octanol–water partition coefficient (Wildman–Crippen LogP) is 5.18. The number of nitrogens with zero attached hydrogens (tertiary/aromatic N) is 1. The van der Waals surface area contributed by atoms with Crippen molar-refractivity contribution < 1.29 is 14.3 Å². The molecule has 0 unspecified atom stereocenters. The lowest BCUT2D eigenvalue weighted by Crippen LogP contribution is -2.20. The normalized spacial score (nSPS) is 10.9. The lowest BCUT2D eigenvalue weighted by atomic mass is 10.1. The number of carbonyl (C=O) groups excluding carboxylic acids is 2. The zero-order chi connectivity index (χ0) is 21.9. The number of aromatic amines is 1. The number of fused-ring (bicyclic) bond motifs is 2. The third-order valence-electron chi connectivity index (χ3n) is 5.13. The molecular weight excluding hydrogens is 402 g/mol. The highest BCUT2D eigenvalue weighted by Crippen LogP contribution is 2.22. The van der Waals surface area contributed by atoms with Crippen LogP contribution in [-0.4, -0.2) is 28.5 Å². The molecule has 0 aliphatic heterocycles. The van der Waals surface area contributed by atoms with E-state index in [1.165, 1.54) is 0 Å². The van der Waals surface area contributed by atoms with Gasteiger partial charge in [0.1, 0.15) is 5.82 Å². The molecule has 0 saturated heterocycles. The number of carbonyl (C=O) groups is 2. The minimum atomic E-state index is -0.573. The van der Waals surface area contributed by atoms with Crippen LogP contribution < -0.4 is 5.32 Å². The molecule has 4 aromatic carbocycles. The summed E-state index contributed by atoms with van der Waals surface area (Å²) in [6, 6.07) is 28.3. The maximum Gasteiger partial charge on any atom is 0.338 e. The van der Waals surface area contributed by atoms with E-state index in [9.17, 15) is 9.59 Å². The van der Waals surface area contributed by atoms with Crippen LogP contribution in [0.5, 0.6) is 0 Å². The Hall–Kier alpha value is -4.45. The van der Waals surface area contributed by atoms with Crippen molar-refractivity contribution in [1.82, 2.24) is 9.97 Å². The Kier molecular flexibility index (Phi) is 5.09. The zero-order valence-corrected chi connectivity index (χ0v) is 17.0. The summed E-state index contributed by atoms with van der Waals surface area (Å²) in [5, 5.41) is 4.86. The van der Waals surface area contributed by atoms with Gasteiger partial charge >= 0.3 is 5.97 Å². The first-order valence-electron chi connectivity index (χ1n) is 10.2. The highest BCUT2D eigenvalue weighted by Gasteiger charge is 2.13. The second-order valence-corrected chi connectivity index (χ2v) is 7.37. The van der Waals surface area contributed by atoms with Gasteiger partial charge in [0.2, 0.25) is 0 Å². The van der Waals surface area contributed by atoms with Gasteiger partial charge in [0, 0.05) is 11.3 Å². The topological polar surface area (TPSA) is 84.1 Å². The summed E-state index contributed by atoms with van der Waals surface area (Å²) in [6.45, 7) is -0.373. The second-order valence-electron chi connectivity index (χ2n) is 7.37. The van der Waals surface area contributed by atoms with Crippen LogP contribution in [0.1, 0.15) is 10.4 Å². The van der Waals surface area contributed by atoms with Crippen molar-refractivity contribution in [2.45, 2.75) is 0 Å². The van der Waals surface area contributed by atoms with Gasteiger partial charge in [-0.15, -0.1) is 0 Å². The molecule has 6 nitrogen and oxygen atoms in total. The number of amides is 1. The van der Waals surface area contributed by atoms with E-state index in [2.05, 4.69) is 15.3 Å². The van der Waals surface area contributed by atoms with Crippen LogP contribution in [0, 0.1) is 0 Å². The fourth-order valence-electron chi connectivity index (χ4n) is 3.55. The van der Waals surface area contributed by atoms with Crippen molar-refractivity contribution in [1.29, 1.82) is 0 Å². The SMILES string of the molecule is O=C(COC(=O)c1ccc2nc(-c3ccccc3)[nH]c2c1)Nc1ccc2ccccc2c1. The monoisotopic (exact) mass is 421 g/mol. The summed E-state index contributed by atoms with van der Waals surface area (Å²) in [5.41, 5.74) is 3.42. The van der Waals surface area contributed by atoms with Gasteiger partial charge in [-0.05, 0) is 41.1 Å². The van der Waals surface area contributed by atoms with Crippen molar-refractivity contribution >= 4 is 39.4 Å². The Bertz CT molecular complexity index is 1440. The molecule has 5 aromatic rings. The summed E-state index contributed by atoms with van der Waals surface area (Å²) < 4.78 is 5.20. The summed E-state index contributed by atoms with van der Waals surface area (Å²) in [7, 11) is 0. The van der Waals surface area contributed by atoms with E-state index in [0.29, 0.717) is 11.3 Å². The quantitative estimate of drug-likeness (QED) is 0.383. The van der Waals surface area contributed by atoms with Crippen LogP contribution in [-0.2, 0) is 9.53 Å². The molecule has 0 atom stereocenters. The number of aromatic nitrogens is 2. The van der Waals surface area contributed by atoms with E-state index in [1.807, 2.05) is 72.8 Å². The summed E-state index contributed by atoms with van der Waals surface area (Å²) in [6.07, 6.45) is 0. The predicted molar refractivity (Wildman–Crippen MR) is 124 cm³/mol. The number of hydrogen-bond donors (Lipinski definition) is 2. The van der Waals surface area contributed by atoms with Crippen molar-refractivity contribution in [2.75, 3.05) is 11.9 Å². The van der Waals surface area contributed by atoms with Gasteiger partial charge in [-0.1, -0.05) is 60.7 Å².